The Kier molecular flexibility index (Phi) is 21.5. The number of morpholine rings is 1. The Morgan fingerprint density at radius 2 is 1.81 bits per heavy atom. The summed E-state index contributed by atoms with van der Waals surface area (Å²) in [5, 5.41) is 5.24. The number of amides is 3. The lowest BCUT2D eigenvalue weighted by Gasteiger charge is -2.27. The second-order valence-electron chi connectivity index (χ2n) is 14.0. The van der Waals surface area contributed by atoms with E-state index in [0.29, 0.717) is 49.3 Å². The maximum Gasteiger partial charge on any atom is 0.309 e. The summed E-state index contributed by atoms with van der Waals surface area (Å²) in [6, 6.07) is 10.1. The second-order valence-corrected chi connectivity index (χ2v) is 17.5. The van der Waals surface area contributed by atoms with Crippen LogP contribution in [0.15, 0.2) is 30.3 Å². The van der Waals surface area contributed by atoms with Gasteiger partial charge in [-0.2, -0.15) is 0 Å². The highest BCUT2D eigenvalue weighted by atomic mass is 32.2. The van der Waals surface area contributed by atoms with E-state index in [9.17, 15) is 19.2 Å². The van der Waals surface area contributed by atoms with Crippen molar-refractivity contribution in [2.75, 3.05) is 91.0 Å². The third kappa shape index (κ3) is 17.4. The van der Waals surface area contributed by atoms with Crippen molar-refractivity contribution in [1.29, 1.82) is 0 Å². The van der Waals surface area contributed by atoms with Crippen LogP contribution in [0.4, 0.5) is 0 Å². The van der Waals surface area contributed by atoms with Crippen LogP contribution >= 0.6 is 35.7 Å². The van der Waals surface area contributed by atoms with E-state index >= 15 is 0 Å². The molecule has 2 heterocycles. The van der Waals surface area contributed by atoms with E-state index < -0.39 is 22.7 Å². The smallest absolute Gasteiger partial charge is 0.309 e. The third-order valence-corrected chi connectivity index (χ3v) is 12.7. The zero-order valence-corrected chi connectivity index (χ0v) is 34.8. The second kappa shape index (κ2) is 25.4. The molecule has 1 aromatic carbocycles. The predicted octanol–water partition coefficient (Wildman–Crippen LogP) is 4.28. The summed E-state index contributed by atoms with van der Waals surface area (Å²) < 4.78 is 11.8. The molecule has 2 aliphatic rings. The Balaban J connectivity index is 1.71. The first-order chi connectivity index (χ1) is 26.1. The van der Waals surface area contributed by atoms with Crippen molar-refractivity contribution >= 4 is 63.0 Å². The fourth-order valence-electron chi connectivity index (χ4n) is 6.46. The molecule has 15 heteroatoms. The Morgan fingerprint density at radius 3 is 2.48 bits per heavy atom. The van der Waals surface area contributed by atoms with E-state index in [1.165, 1.54) is 29.1 Å². The number of nitrogens with zero attached hydrogens (tertiary/aromatic N) is 4. The van der Waals surface area contributed by atoms with Crippen LogP contribution in [-0.4, -0.2) is 144 Å². The first kappa shape index (κ1) is 45.6. The summed E-state index contributed by atoms with van der Waals surface area (Å²) in [5.41, 5.74) is 0.150. The molecule has 0 saturated carbocycles. The van der Waals surface area contributed by atoms with Gasteiger partial charge in [-0.25, -0.2) is 6.57 Å². The average molecular weight is 805 g/mol. The van der Waals surface area contributed by atoms with Crippen LogP contribution in [0.5, 0.6) is 0 Å². The molecule has 0 radical (unpaired) electrons. The molecule has 0 aliphatic carbocycles. The largest absolute Gasteiger partial charge is 0.464 e. The number of thioether (sulfide) groups is 2. The van der Waals surface area contributed by atoms with Crippen molar-refractivity contribution in [3.05, 3.63) is 47.3 Å². The van der Waals surface area contributed by atoms with Gasteiger partial charge in [-0.15, -0.1) is 11.8 Å². The van der Waals surface area contributed by atoms with E-state index in [2.05, 4.69) is 51.3 Å². The minimum absolute atomic E-state index is 0.0860. The zero-order valence-electron chi connectivity index (χ0n) is 32.4. The number of ether oxygens (including phenoxy) is 2. The van der Waals surface area contributed by atoms with Gasteiger partial charge in [0.1, 0.15) is 10.1 Å². The molecule has 3 rings (SSSR count). The number of carbonyl (C=O) groups is 4. The van der Waals surface area contributed by atoms with E-state index in [0.717, 1.165) is 51.3 Å². The van der Waals surface area contributed by atoms with Crippen LogP contribution in [0.2, 0.25) is 0 Å². The predicted molar refractivity (Wildman–Crippen MR) is 221 cm³/mol. The summed E-state index contributed by atoms with van der Waals surface area (Å²) in [6.07, 6.45) is 2.79. The highest BCUT2D eigenvalue weighted by Gasteiger charge is 2.40. The highest BCUT2D eigenvalue weighted by molar-refractivity contribution is 8.47. The number of rotatable bonds is 24. The Bertz CT molecular complexity index is 1370. The number of benzene rings is 1. The Labute approximate surface area is 336 Å². The number of carbonyl (C=O) groups excluding carboxylic acids is 4. The average Bonchev–Trinajstić information content (AvgIpc) is 3.59. The summed E-state index contributed by atoms with van der Waals surface area (Å²) >= 11 is 8.53. The first-order valence-corrected chi connectivity index (χ1v) is 21.6. The van der Waals surface area contributed by atoms with Crippen LogP contribution in [0, 0.1) is 12.5 Å². The van der Waals surface area contributed by atoms with E-state index in [1.54, 1.807) is 11.8 Å². The minimum Gasteiger partial charge on any atom is -0.464 e. The van der Waals surface area contributed by atoms with Crippen molar-refractivity contribution in [2.24, 2.45) is 5.92 Å². The number of thiocarbonyl (C=S) groups is 1. The molecule has 2 saturated heterocycles. The normalized spacial score (nSPS) is 17.0. The first-order valence-electron chi connectivity index (χ1n) is 19.3. The van der Waals surface area contributed by atoms with Gasteiger partial charge < -0.3 is 34.8 Å². The van der Waals surface area contributed by atoms with Crippen LogP contribution in [0.1, 0.15) is 64.9 Å². The molecular formula is C39H60N6O6S3. The van der Waals surface area contributed by atoms with Gasteiger partial charge in [0.15, 0.2) is 0 Å². The van der Waals surface area contributed by atoms with Gasteiger partial charge in [-0.05, 0) is 37.9 Å². The van der Waals surface area contributed by atoms with Gasteiger partial charge in [0.2, 0.25) is 23.3 Å². The van der Waals surface area contributed by atoms with E-state index in [1.807, 2.05) is 18.2 Å². The molecule has 0 bridgehead atoms. The van der Waals surface area contributed by atoms with Crippen LogP contribution in [0.25, 0.3) is 4.85 Å². The van der Waals surface area contributed by atoms with Gasteiger partial charge in [-0.1, -0.05) is 68.2 Å². The summed E-state index contributed by atoms with van der Waals surface area (Å²) in [6.45, 7) is 22.1. The maximum absolute atomic E-state index is 13.9. The molecule has 1 aromatic rings. The summed E-state index contributed by atoms with van der Waals surface area (Å²) in [4.78, 5) is 62.8. The molecule has 0 aromatic heterocycles. The van der Waals surface area contributed by atoms with Crippen molar-refractivity contribution in [3.63, 3.8) is 0 Å². The summed E-state index contributed by atoms with van der Waals surface area (Å²) in [5.74, 6) is -0.840. The van der Waals surface area contributed by atoms with E-state index in [-0.39, 0.29) is 56.6 Å². The molecule has 2 fully saturated rings. The number of aryl methyl sites for hydroxylation is 1. The topological polar surface area (TPSA) is 125 Å². The fraction of sp³-hybridized carbons (Fsp3) is 0.692. The SMILES string of the molecule is [C-]#[N+]C(C)(CCC(=O)NCCN1CCOCC1)CC(CC(SC(=S)SCCc1ccccc1)C(=O)NCCN1CCCC1=O)C(=O)OCCN(CC)CC. The monoisotopic (exact) mass is 804 g/mol. The Hall–Kier alpha value is -2.74. The van der Waals surface area contributed by atoms with Crippen LogP contribution in [0.3, 0.4) is 0 Å². The Morgan fingerprint density at radius 1 is 1.09 bits per heavy atom. The molecule has 0 spiro atoms. The maximum atomic E-state index is 13.9. The third-order valence-electron chi connectivity index (χ3n) is 9.92. The molecule has 3 amide bonds. The molecular weight excluding hydrogens is 745 g/mol. The number of esters is 1. The zero-order chi connectivity index (χ0) is 39.2. The van der Waals surface area contributed by atoms with Crippen LogP contribution in [-0.2, 0) is 35.1 Å². The number of likely N-dealkylation sites (N-methyl/N-ethyl adjacent to an activating group) is 1. The van der Waals surface area contributed by atoms with E-state index in [4.69, 9.17) is 28.3 Å². The highest BCUT2D eigenvalue weighted by Crippen LogP contribution is 2.34. The van der Waals surface area contributed by atoms with Crippen molar-refractivity contribution in [1.82, 2.24) is 25.3 Å². The lowest BCUT2D eigenvalue weighted by molar-refractivity contribution is -0.150. The molecule has 3 atom stereocenters. The summed E-state index contributed by atoms with van der Waals surface area (Å²) in [7, 11) is 0. The number of hydrogen-bond donors (Lipinski definition) is 2. The van der Waals surface area contributed by atoms with Gasteiger partial charge in [0, 0.05) is 90.7 Å². The molecule has 300 valence electrons. The van der Waals surface area contributed by atoms with Crippen molar-refractivity contribution in [2.45, 2.75) is 76.5 Å². The molecule has 2 N–H and O–H groups in total. The fourth-order valence-corrected chi connectivity index (χ4v) is 9.19. The number of hydrogen-bond acceptors (Lipinski definition) is 11. The number of likely N-dealkylation sites (tertiary alicyclic amines) is 1. The molecule has 54 heavy (non-hydrogen) atoms. The van der Waals surface area contributed by atoms with Crippen molar-refractivity contribution in [3.8, 4) is 0 Å². The quantitative estimate of drug-likeness (QED) is 0.0885. The number of nitrogens with one attached hydrogen (secondary N) is 2. The van der Waals surface area contributed by atoms with Gasteiger partial charge in [0.25, 0.3) is 0 Å². The van der Waals surface area contributed by atoms with Crippen LogP contribution < -0.4 is 10.6 Å². The lowest BCUT2D eigenvalue weighted by Crippen LogP contribution is -2.42. The lowest BCUT2D eigenvalue weighted by atomic mass is 9.83. The standard InChI is InChI=1S/C39H60N6O6S3/c1-5-43(6-2)24-27-51-37(49)32(30-39(3,40-4)16-14-34(46)41-17-20-44-22-25-50-26-23-44)29-33(36(48)42-18-21-45-19-10-13-35(45)47)54-38(52)53-28-15-31-11-8-7-9-12-31/h7-9,11-12,32-33H,5-6,10,13-30H2,1-3H3,(H,41,46)(H,42,48). The van der Waals surface area contributed by atoms with Gasteiger partial charge in [-0.3, -0.25) is 24.1 Å². The molecule has 12 nitrogen and oxygen atoms in total. The molecule has 2 aliphatic heterocycles. The minimum atomic E-state index is -1.04. The van der Waals surface area contributed by atoms with Gasteiger partial charge >= 0.3 is 5.97 Å². The molecule has 3 unspecified atom stereocenters. The van der Waals surface area contributed by atoms with Gasteiger partial charge in [0.05, 0.1) is 24.4 Å². The van der Waals surface area contributed by atoms with Crippen molar-refractivity contribution < 1.29 is 28.7 Å².